The van der Waals surface area contributed by atoms with Crippen LogP contribution in [0.5, 0.6) is 11.6 Å². The number of nitrogens with zero attached hydrogens (tertiary/aromatic N) is 4. The normalized spacial score (nSPS) is 14.3. The van der Waals surface area contributed by atoms with Gasteiger partial charge in [0.2, 0.25) is 11.8 Å². The second-order valence-corrected chi connectivity index (χ2v) is 10.6. The first kappa shape index (κ1) is 25.9. The van der Waals surface area contributed by atoms with Crippen molar-refractivity contribution in [3.05, 3.63) is 89.8 Å². The zero-order chi connectivity index (χ0) is 27.9. The molecule has 3 aromatic heterocycles. The third-order valence-corrected chi connectivity index (χ3v) is 7.44. The van der Waals surface area contributed by atoms with Crippen molar-refractivity contribution < 1.29 is 13.9 Å². The Balaban J connectivity index is 1.38. The predicted molar refractivity (Wildman–Crippen MR) is 151 cm³/mol. The fraction of sp³-hybridized carbons (Fsp3) is 0.233. The number of alkyl halides is 1. The van der Waals surface area contributed by atoms with E-state index in [9.17, 15) is 4.79 Å². The third-order valence-electron chi connectivity index (χ3n) is 7.18. The van der Waals surface area contributed by atoms with Gasteiger partial charge >= 0.3 is 0 Å². The van der Waals surface area contributed by atoms with Gasteiger partial charge in [-0.1, -0.05) is 44.2 Å². The molecule has 0 bridgehead atoms. The van der Waals surface area contributed by atoms with Crippen molar-refractivity contribution in [2.24, 2.45) is 0 Å². The molecule has 8 nitrogen and oxygen atoms in total. The Labute approximate surface area is 235 Å². The molecule has 0 fully saturated rings. The topological polar surface area (TPSA) is 106 Å². The van der Waals surface area contributed by atoms with Crippen LogP contribution in [0.15, 0.2) is 67.0 Å². The second kappa shape index (κ2) is 10.3. The molecule has 0 spiro atoms. The van der Waals surface area contributed by atoms with E-state index < -0.39 is 11.2 Å². The molecule has 0 radical (unpaired) electrons. The van der Waals surface area contributed by atoms with Crippen LogP contribution in [0.1, 0.15) is 49.6 Å². The molecular formula is C30H26ClFN6O2. The Kier molecular flexibility index (Phi) is 6.67. The summed E-state index contributed by atoms with van der Waals surface area (Å²) in [5.74, 6) is 0.734. The van der Waals surface area contributed by atoms with E-state index in [4.69, 9.17) is 26.3 Å². The number of amides is 1. The van der Waals surface area contributed by atoms with Gasteiger partial charge in [0.15, 0.2) is 22.9 Å². The highest BCUT2D eigenvalue weighted by Gasteiger charge is 2.43. The molecule has 1 unspecified atom stereocenters. The van der Waals surface area contributed by atoms with Crippen molar-refractivity contribution in [3.8, 4) is 22.9 Å². The zero-order valence-electron chi connectivity index (χ0n) is 21.9. The van der Waals surface area contributed by atoms with Crippen LogP contribution in [0, 0.1) is 5.82 Å². The fourth-order valence-corrected chi connectivity index (χ4v) is 5.31. The number of benzene rings is 2. The number of H-pyrrole nitrogens is 1. The molecule has 1 aliphatic rings. The van der Waals surface area contributed by atoms with Gasteiger partial charge in [-0.2, -0.15) is 0 Å². The molecule has 0 saturated carbocycles. The van der Waals surface area contributed by atoms with Gasteiger partial charge in [0.05, 0.1) is 5.69 Å². The summed E-state index contributed by atoms with van der Waals surface area (Å²) < 4.78 is 21.2. The van der Waals surface area contributed by atoms with Gasteiger partial charge in [0, 0.05) is 58.4 Å². The molecular weight excluding hydrogens is 531 g/mol. The Morgan fingerprint density at radius 2 is 1.85 bits per heavy atom. The van der Waals surface area contributed by atoms with E-state index in [0.717, 1.165) is 11.1 Å². The lowest BCUT2D eigenvalue weighted by molar-refractivity contribution is -0.116. The minimum absolute atomic E-state index is 0.0842. The average molecular weight is 557 g/mol. The Morgan fingerprint density at radius 1 is 1.05 bits per heavy atom. The second-order valence-electron chi connectivity index (χ2n) is 10.2. The van der Waals surface area contributed by atoms with E-state index in [1.165, 1.54) is 6.07 Å². The fourth-order valence-electron chi connectivity index (χ4n) is 5.18. The molecule has 202 valence electrons. The zero-order valence-corrected chi connectivity index (χ0v) is 22.7. The number of pyridine rings is 1. The van der Waals surface area contributed by atoms with Crippen LogP contribution < -0.4 is 10.1 Å². The molecule has 4 heterocycles. The van der Waals surface area contributed by atoms with Crippen molar-refractivity contribution in [3.63, 3.8) is 0 Å². The molecule has 2 aromatic carbocycles. The number of nitrogens with one attached hydrogen (secondary N) is 2. The standard InChI is InChI=1S/C30H26ClFN6O2/c1-30(2,29-37-26-27(38-29)34-16-15-33-26)24-19-5-3-6-21(32)25(19)40-28-20(24)12-13-22(36-28)17-8-10-18(11-9-17)35-23(39)7-4-14-31/h3,5-6,8-13,15-16,24H,4,7,14H2,1-2H3,(H,35,39)(H,33,34,37,38). The summed E-state index contributed by atoms with van der Waals surface area (Å²) >= 11 is 5.68. The Bertz CT molecular complexity index is 1690. The van der Waals surface area contributed by atoms with Gasteiger partial charge in [-0.15, -0.1) is 11.6 Å². The van der Waals surface area contributed by atoms with Gasteiger partial charge in [-0.25, -0.2) is 24.3 Å². The minimum Gasteiger partial charge on any atom is -0.435 e. The number of fused-ring (bicyclic) bond motifs is 3. The summed E-state index contributed by atoms with van der Waals surface area (Å²) in [4.78, 5) is 33.5. The van der Waals surface area contributed by atoms with E-state index in [1.54, 1.807) is 18.5 Å². The molecule has 1 amide bonds. The van der Waals surface area contributed by atoms with Crippen LogP contribution in [0.4, 0.5) is 10.1 Å². The minimum atomic E-state index is -0.629. The summed E-state index contributed by atoms with van der Waals surface area (Å²) in [5, 5.41) is 2.87. The van der Waals surface area contributed by atoms with E-state index in [2.05, 4.69) is 20.3 Å². The molecule has 1 atom stereocenters. The van der Waals surface area contributed by atoms with Gasteiger partial charge in [-0.3, -0.25) is 4.79 Å². The SMILES string of the molecule is CC(C)(c1nc2nccnc2[nH]1)C1c2ccc(-c3ccc(NC(=O)CCCCl)cc3)nc2Oc2c(F)cccc21. The van der Waals surface area contributed by atoms with Gasteiger partial charge in [0.1, 0.15) is 5.82 Å². The maximum absolute atomic E-state index is 15.1. The van der Waals surface area contributed by atoms with Gasteiger partial charge < -0.3 is 15.0 Å². The number of ether oxygens (including phenoxy) is 1. The monoisotopic (exact) mass is 556 g/mol. The number of carbonyl (C=O) groups excluding carboxylic acids is 1. The summed E-state index contributed by atoms with van der Waals surface area (Å²) in [7, 11) is 0. The lowest BCUT2D eigenvalue weighted by Crippen LogP contribution is -2.32. The highest BCUT2D eigenvalue weighted by atomic mass is 35.5. The largest absolute Gasteiger partial charge is 0.435 e. The van der Waals surface area contributed by atoms with Crippen molar-refractivity contribution >= 4 is 34.5 Å². The van der Waals surface area contributed by atoms with Crippen LogP contribution in [0.3, 0.4) is 0 Å². The highest BCUT2D eigenvalue weighted by Crippen LogP contribution is 2.52. The molecule has 0 aliphatic carbocycles. The van der Waals surface area contributed by atoms with Crippen molar-refractivity contribution in [2.45, 2.75) is 38.0 Å². The van der Waals surface area contributed by atoms with Crippen LogP contribution in [0.25, 0.3) is 22.6 Å². The molecule has 1 aliphatic heterocycles. The van der Waals surface area contributed by atoms with Gasteiger partial charge in [-0.05, 0) is 30.7 Å². The van der Waals surface area contributed by atoms with Crippen molar-refractivity contribution in [1.29, 1.82) is 0 Å². The molecule has 2 N–H and O–H groups in total. The van der Waals surface area contributed by atoms with Crippen LogP contribution in [-0.2, 0) is 10.2 Å². The number of para-hydroxylation sites is 1. The Hall–Kier alpha value is -4.37. The number of halogens is 2. The summed E-state index contributed by atoms with van der Waals surface area (Å²) in [6, 6.07) is 16.2. The molecule has 6 rings (SSSR count). The number of imidazole rings is 1. The smallest absolute Gasteiger partial charge is 0.224 e. The first-order chi connectivity index (χ1) is 19.3. The lowest BCUT2D eigenvalue weighted by Gasteiger charge is -2.37. The van der Waals surface area contributed by atoms with E-state index in [0.29, 0.717) is 58.7 Å². The number of carbonyl (C=O) groups is 1. The quantitative estimate of drug-likeness (QED) is 0.215. The van der Waals surface area contributed by atoms with E-state index >= 15 is 4.39 Å². The number of aromatic amines is 1. The van der Waals surface area contributed by atoms with Gasteiger partial charge in [0.25, 0.3) is 0 Å². The maximum Gasteiger partial charge on any atom is 0.224 e. The summed E-state index contributed by atoms with van der Waals surface area (Å²) in [5.41, 5.74) is 4.18. The molecule has 40 heavy (non-hydrogen) atoms. The summed E-state index contributed by atoms with van der Waals surface area (Å²) in [6.45, 7) is 4.10. The summed E-state index contributed by atoms with van der Waals surface area (Å²) in [6.07, 6.45) is 4.20. The number of anilines is 1. The number of aromatic nitrogens is 5. The highest BCUT2D eigenvalue weighted by molar-refractivity contribution is 6.18. The first-order valence-electron chi connectivity index (χ1n) is 13.0. The third kappa shape index (κ3) is 4.66. The van der Waals surface area contributed by atoms with Crippen molar-refractivity contribution in [2.75, 3.05) is 11.2 Å². The molecule has 10 heteroatoms. The van der Waals surface area contributed by atoms with E-state index in [-0.39, 0.29) is 17.6 Å². The van der Waals surface area contributed by atoms with Crippen molar-refractivity contribution in [1.82, 2.24) is 24.9 Å². The number of hydrogen-bond donors (Lipinski definition) is 2. The predicted octanol–water partition coefficient (Wildman–Crippen LogP) is 6.73. The number of hydrogen-bond acceptors (Lipinski definition) is 6. The van der Waals surface area contributed by atoms with Crippen LogP contribution in [-0.4, -0.2) is 36.7 Å². The average Bonchev–Trinajstić information content (AvgIpc) is 3.41. The Morgan fingerprint density at radius 3 is 2.62 bits per heavy atom. The molecule has 0 saturated heterocycles. The number of rotatable bonds is 7. The molecule has 5 aromatic rings. The van der Waals surface area contributed by atoms with E-state index in [1.807, 2.05) is 56.3 Å². The maximum atomic E-state index is 15.1. The van der Waals surface area contributed by atoms with Crippen LogP contribution >= 0.6 is 11.6 Å². The lowest BCUT2D eigenvalue weighted by atomic mass is 9.69. The first-order valence-corrected chi connectivity index (χ1v) is 13.5. The van der Waals surface area contributed by atoms with Crippen LogP contribution in [0.2, 0.25) is 0 Å².